The molecule has 0 unspecified atom stereocenters. The average molecular weight is 775 g/mol. The van der Waals surface area contributed by atoms with E-state index in [4.69, 9.17) is 32.7 Å². The number of nitrogens with zero attached hydrogens (tertiary/aromatic N) is 2. The average Bonchev–Trinajstić information content (AvgIpc) is 3.89. The van der Waals surface area contributed by atoms with Crippen LogP contribution >= 0.6 is 23.2 Å². The molecule has 5 aromatic carbocycles. The maximum Gasteiger partial charge on any atom is 0.417 e. The molecule has 4 aliphatic rings. The van der Waals surface area contributed by atoms with Crippen LogP contribution in [0.4, 0.5) is 26.3 Å². The molecule has 0 saturated carbocycles. The molecule has 0 spiro atoms. The number of fused-ring (bicyclic) bond motifs is 6. The Hall–Kier alpha value is -5.98. The van der Waals surface area contributed by atoms with Crippen molar-refractivity contribution in [3.05, 3.63) is 164 Å². The number of esters is 2. The Morgan fingerprint density at radius 3 is 1.80 bits per heavy atom. The normalized spacial score (nSPS) is 18.0. The first-order chi connectivity index (χ1) is 25.7. The number of rotatable bonds is 1. The van der Waals surface area contributed by atoms with E-state index < -0.39 is 41.0 Å². The summed E-state index contributed by atoms with van der Waals surface area (Å²) in [5.74, 6) is -1.38. The number of halogens is 8. The molecular weight excluding hydrogens is 757 g/mol. The van der Waals surface area contributed by atoms with Crippen molar-refractivity contribution < 1.29 is 45.4 Å². The van der Waals surface area contributed by atoms with Gasteiger partial charge in [0.1, 0.15) is 6.21 Å². The van der Waals surface area contributed by atoms with Crippen LogP contribution in [0.5, 0.6) is 0 Å². The van der Waals surface area contributed by atoms with Crippen molar-refractivity contribution in [2.75, 3.05) is 0 Å². The molecule has 14 heteroatoms. The standard InChI is InChI=1S/C22H11Cl2NO2.C18H7F6NO2/c23-13-10-16-18(17(24)11-13)14-8-4-5-9-15(14)19(16)20-22(26)27-21(25-20)12-6-2-1-3-7-12;19-17(20,21)8-5-11-14(12(6-8)18(22,23)24)9-3-1-2-4-10(9)15(11)16-25-7-13(26)27-16/h1-11H;1-7H. The summed E-state index contributed by atoms with van der Waals surface area (Å²) in [4.78, 5) is 32.2. The Labute approximate surface area is 311 Å². The second kappa shape index (κ2) is 12.9. The minimum absolute atomic E-state index is 0.0840. The molecule has 2 heterocycles. The highest BCUT2D eigenvalue weighted by Crippen LogP contribution is 2.53. The molecule has 0 radical (unpaired) electrons. The molecule has 54 heavy (non-hydrogen) atoms. The maximum atomic E-state index is 13.6. The second-order valence-corrected chi connectivity index (χ2v) is 12.9. The molecule has 0 amide bonds. The lowest BCUT2D eigenvalue weighted by Gasteiger charge is -2.17. The van der Waals surface area contributed by atoms with Crippen LogP contribution in [0.3, 0.4) is 0 Å². The smallest absolute Gasteiger partial charge is 0.402 e. The van der Waals surface area contributed by atoms with Gasteiger partial charge in [0.2, 0.25) is 11.8 Å². The Bertz CT molecular complexity index is 2590. The van der Waals surface area contributed by atoms with Crippen LogP contribution in [0.15, 0.2) is 125 Å². The van der Waals surface area contributed by atoms with Gasteiger partial charge in [-0.05, 0) is 69.8 Å². The fourth-order valence-electron chi connectivity index (χ4n) is 6.72. The third kappa shape index (κ3) is 5.97. The van der Waals surface area contributed by atoms with Crippen LogP contribution in [0, 0.1) is 0 Å². The molecule has 2 aliphatic heterocycles. The van der Waals surface area contributed by atoms with E-state index in [1.807, 2.05) is 60.7 Å². The lowest BCUT2D eigenvalue weighted by atomic mass is 9.95. The van der Waals surface area contributed by atoms with Gasteiger partial charge < -0.3 is 9.47 Å². The van der Waals surface area contributed by atoms with Crippen LogP contribution in [0.25, 0.3) is 33.4 Å². The van der Waals surface area contributed by atoms with Crippen molar-refractivity contribution in [1.82, 2.24) is 0 Å². The van der Waals surface area contributed by atoms with Crippen LogP contribution in [0.2, 0.25) is 10.0 Å². The first-order valence-electron chi connectivity index (χ1n) is 15.8. The van der Waals surface area contributed by atoms with E-state index in [1.165, 1.54) is 24.3 Å². The van der Waals surface area contributed by atoms with Crippen LogP contribution in [-0.2, 0) is 31.4 Å². The van der Waals surface area contributed by atoms with Gasteiger partial charge in [-0.15, -0.1) is 0 Å². The van der Waals surface area contributed by atoms with Gasteiger partial charge in [-0.2, -0.15) is 26.3 Å². The van der Waals surface area contributed by atoms with Gasteiger partial charge in [0, 0.05) is 27.3 Å². The molecule has 0 aromatic heterocycles. The number of benzene rings is 5. The molecule has 5 aromatic rings. The Kier molecular flexibility index (Phi) is 8.35. The van der Waals surface area contributed by atoms with E-state index in [0.29, 0.717) is 27.6 Å². The summed E-state index contributed by atoms with van der Waals surface area (Å²) in [6.07, 6.45) is -9.20. The van der Waals surface area contributed by atoms with E-state index in [2.05, 4.69) is 9.98 Å². The monoisotopic (exact) mass is 774 g/mol. The van der Waals surface area contributed by atoms with Crippen molar-refractivity contribution >= 4 is 58.4 Å². The van der Waals surface area contributed by atoms with Gasteiger partial charge in [-0.25, -0.2) is 19.6 Å². The van der Waals surface area contributed by atoms with Crippen LogP contribution in [0.1, 0.15) is 38.9 Å². The summed E-state index contributed by atoms with van der Waals surface area (Å²) in [5.41, 5.74) is 1.82. The third-order valence-electron chi connectivity index (χ3n) is 8.85. The zero-order valence-corrected chi connectivity index (χ0v) is 28.5. The number of cyclic esters (lactones) is 2. The highest BCUT2D eigenvalue weighted by molar-refractivity contribution is 6.38. The van der Waals surface area contributed by atoms with Crippen LogP contribution in [-0.4, -0.2) is 24.1 Å². The molecule has 0 saturated heterocycles. The number of hydrogen-bond acceptors (Lipinski definition) is 6. The lowest BCUT2D eigenvalue weighted by Crippen LogP contribution is -2.13. The van der Waals surface area contributed by atoms with E-state index in [9.17, 15) is 35.9 Å². The van der Waals surface area contributed by atoms with Crippen molar-refractivity contribution in [2.45, 2.75) is 12.4 Å². The highest BCUT2D eigenvalue weighted by Gasteiger charge is 2.44. The molecule has 0 bridgehead atoms. The summed E-state index contributed by atoms with van der Waals surface area (Å²) in [5, 5.41) is 1.04. The predicted molar refractivity (Wildman–Crippen MR) is 189 cm³/mol. The number of carbonyl (C=O) groups excluding carboxylic acids is 2. The predicted octanol–water partition coefficient (Wildman–Crippen LogP) is 10.8. The van der Waals surface area contributed by atoms with E-state index in [-0.39, 0.29) is 39.9 Å². The lowest BCUT2D eigenvalue weighted by molar-refractivity contribution is -0.143. The Balaban J connectivity index is 0.000000153. The summed E-state index contributed by atoms with van der Waals surface area (Å²) < 4.78 is 90.7. The first-order valence-corrected chi connectivity index (χ1v) is 16.6. The number of hydrogen-bond donors (Lipinski definition) is 0. The molecule has 9 rings (SSSR count). The first kappa shape index (κ1) is 35.1. The van der Waals surface area contributed by atoms with Gasteiger partial charge in [0.05, 0.1) is 21.7 Å². The van der Waals surface area contributed by atoms with Crippen LogP contribution < -0.4 is 0 Å². The molecule has 0 atom stereocenters. The molecule has 0 N–H and O–H groups in total. The quantitative estimate of drug-likeness (QED) is 0.0945. The summed E-state index contributed by atoms with van der Waals surface area (Å²) in [6, 6.07) is 27.1. The van der Waals surface area contributed by atoms with Crippen molar-refractivity contribution in [3.8, 4) is 22.3 Å². The van der Waals surface area contributed by atoms with Crippen molar-refractivity contribution in [3.63, 3.8) is 0 Å². The number of ether oxygens (including phenoxy) is 2. The summed E-state index contributed by atoms with van der Waals surface area (Å²) in [7, 11) is 0. The fourth-order valence-corrected chi connectivity index (χ4v) is 7.31. The SMILES string of the molecule is O=C1C=NC(=C2c3ccccc3-c3c2cc(C(F)(F)F)cc3C(F)(F)F)O1.O=C1OC(c2ccccc2)=NC1=C1c2ccccc2-c2c(Cl)cc(Cl)cc21. The van der Waals surface area contributed by atoms with Crippen molar-refractivity contribution in [2.24, 2.45) is 9.98 Å². The Morgan fingerprint density at radius 2 is 1.19 bits per heavy atom. The number of alkyl halides is 6. The zero-order chi connectivity index (χ0) is 38.1. The summed E-state index contributed by atoms with van der Waals surface area (Å²) in [6.45, 7) is 0. The van der Waals surface area contributed by atoms with E-state index >= 15 is 0 Å². The molecule has 0 fully saturated rings. The maximum absolute atomic E-state index is 13.6. The number of carbonyl (C=O) groups is 2. The van der Waals surface area contributed by atoms with Gasteiger partial charge in [0.25, 0.3) is 0 Å². The second-order valence-electron chi connectivity index (χ2n) is 12.1. The molecule has 268 valence electrons. The largest absolute Gasteiger partial charge is 0.417 e. The highest BCUT2D eigenvalue weighted by atomic mass is 35.5. The van der Waals surface area contributed by atoms with Gasteiger partial charge in [-0.1, -0.05) is 89.9 Å². The number of aliphatic imine (C=N–C) groups is 2. The minimum Gasteiger partial charge on any atom is -0.402 e. The topological polar surface area (TPSA) is 77.3 Å². The Morgan fingerprint density at radius 1 is 0.593 bits per heavy atom. The van der Waals surface area contributed by atoms with Gasteiger partial charge in [0.15, 0.2) is 5.70 Å². The molecular formula is C40H18Cl2F6N2O4. The van der Waals surface area contributed by atoms with Crippen molar-refractivity contribution in [1.29, 1.82) is 0 Å². The van der Waals surface area contributed by atoms with Gasteiger partial charge in [-0.3, -0.25) is 0 Å². The molecule has 2 aliphatic carbocycles. The van der Waals surface area contributed by atoms with E-state index in [1.54, 1.807) is 6.07 Å². The zero-order valence-electron chi connectivity index (χ0n) is 26.9. The summed E-state index contributed by atoms with van der Waals surface area (Å²) >= 11 is 12.7. The minimum atomic E-state index is -5.02. The van der Waals surface area contributed by atoms with E-state index in [0.717, 1.165) is 34.0 Å². The fraction of sp³-hybridized carbons (Fsp3) is 0.0500. The molecule has 6 nitrogen and oxygen atoms in total. The van der Waals surface area contributed by atoms with Gasteiger partial charge >= 0.3 is 24.3 Å². The third-order valence-corrected chi connectivity index (χ3v) is 9.36.